The maximum atomic E-state index is 11.2. The maximum Gasteiger partial charge on any atom is 0.414 e. The third kappa shape index (κ3) is 1.46. The molecule has 1 amide bonds. The number of aldehydes is 1. The van der Waals surface area contributed by atoms with Crippen LogP contribution in [0.2, 0.25) is 0 Å². The monoisotopic (exact) mass is 191 g/mol. The van der Waals surface area contributed by atoms with Gasteiger partial charge in [-0.15, -0.1) is 0 Å². The summed E-state index contributed by atoms with van der Waals surface area (Å²) in [6.07, 6.45) is 0.440. The molecule has 4 heteroatoms. The smallest absolute Gasteiger partial charge is 0.414 e. The Hall–Kier alpha value is -1.84. The molecule has 0 N–H and O–H groups in total. The van der Waals surface area contributed by atoms with Gasteiger partial charge in [-0.3, -0.25) is 9.69 Å². The Balaban J connectivity index is 2.24. The third-order valence-corrected chi connectivity index (χ3v) is 2.10. The van der Waals surface area contributed by atoms with Gasteiger partial charge in [0.25, 0.3) is 0 Å². The number of carbonyl (C=O) groups is 2. The summed E-state index contributed by atoms with van der Waals surface area (Å²) in [6, 6.07) is 6.81. The lowest BCUT2D eigenvalue weighted by atomic mass is 10.2. The zero-order valence-electron chi connectivity index (χ0n) is 7.47. The van der Waals surface area contributed by atoms with Crippen molar-refractivity contribution in [1.82, 2.24) is 0 Å². The zero-order chi connectivity index (χ0) is 9.97. The number of hydrogen-bond acceptors (Lipinski definition) is 3. The highest BCUT2D eigenvalue weighted by molar-refractivity contribution is 5.89. The highest BCUT2D eigenvalue weighted by Crippen LogP contribution is 2.18. The van der Waals surface area contributed by atoms with Crippen LogP contribution in [0.15, 0.2) is 24.3 Å². The van der Waals surface area contributed by atoms with Gasteiger partial charge < -0.3 is 4.74 Å². The minimum absolute atomic E-state index is 0.330. The largest absolute Gasteiger partial charge is 0.447 e. The Kier molecular flexibility index (Phi) is 2.18. The fraction of sp³-hybridized carbons (Fsp3) is 0.200. The number of anilines is 1. The Bertz CT molecular complexity index is 358. The van der Waals surface area contributed by atoms with Gasteiger partial charge in [-0.05, 0) is 24.3 Å². The molecule has 4 nitrogen and oxygen atoms in total. The van der Waals surface area contributed by atoms with E-state index in [9.17, 15) is 9.59 Å². The first kappa shape index (κ1) is 8.74. The standard InChI is InChI=1S/C10H9NO3/c12-7-8-1-3-9(4-2-8)11-5-6-14-10(11)13/h1-4,7H,5-6H2. The van der Waals surface area contributed by atoms with Crippen molar-refractivity contribution in [3.63, 3.8) is 0 Å². The van der Waals surface area contributed by atoms with Crippen molar-refractivity contribution < 1.29 is 14.3 Å². The topological polar surface area (TPSA) is 46.6 Å². The molecule has 1 saturated heterocycles. The Morgan fingerprint density at radius 3 is 2.50 bits per heavy atom. The zero-order valence-corrected chi connectivity index (χ0v) is 7.47. The molecule has 1 aromatic rings. The van der Waals surface area contributed by atoms with Crippen molar-refractivity contribution in [3.05, 3.63) is 29.8 Å². The molecule has 1 aliphatic rings. The van der Waals surface area contributed by atoms with E-state index in [0.29, 0.717) is 18.7 Å². The quantitative estimate of drug-likeness (QED) is 0.665. The number of benzene rings is 1. The molecule has 0 aromatic heterocycles. The molecule has 1 aliphatic heterocycles. The van der Waals surface area contributed by atoms with Crippen LogP contribution in [0.25, 0.3) is 0 Å². The Morgan fingerprint density at radius 1 is 1.29 bits per heavy atom. The minimum Gasteiger partial charge on any atom is -0.447 e. The van der Waals surface area contributed by atoms with E-state index in [0.717, 1.165) is 12.0 Å². The first-order chi connectivity index (χ1) is 6.81. The fourth-order valence-corrected chi connectivity index (χ4v) is 1.36. The number of rotatable bonds is 2. The van der Waals surface area contributed by atoms with Gasteiger partial charge in [0.2, 0.25) is 0 Å². The second kappa shape index (κ2) is 3.49. The molecule has 1 heterocycles. The third-order valence-electron chi connectivity index (χ3n) is 2.10. The first-order valence-electron chi connectivity index (χ1n) is 4.31. The van der Waals surface area contributed by atoms with Crippen LogP contribution in [0.5, 0.6) is 0 Å². The van der Waals surface area contributed by atoms with Crippen molar-refractivity contribution in [2.24, 2.45) is 0 Å². The summed E-state index contributed by atoms with van der Waals surface area (Å²) in [5.74, 6) is 0. The lowest BCUT2D eigenvalue weighted by Gasteiger charge is -2.11. The number of ether oxygens (including phenoxy) is 1. The highest BCUT2D eigenvalue weighted by Gasteiger charge is 2.22. The molecule has 0 atom stereocenters. The van der Waals surface area contributed by atoms with E-state index in [2.05, 4.69) is 0 Å². The van der Waals surface area contributed by atoms with Gasteiger partial charge in [0.15, 0.2) is 0 Å². The van der Waals surface area contributed by atoms with Crippen LogP contribution in [0.3, 0.4) is 0 Å². The minimum atomic E-state index is -0.330. The maximum absolute atomic E-state index is 11.2. The normalized spacial score (nSPS) is 15.4. The second-order valence-electron chi connectivity index (χ2n) is 2.98. The SMILES string of the molecule is O=Cc1ccc(N2CCOC2=O)cc1. The van der Waals surface area contributed by atoms with Gasteiger partial charge in [0.1, 0.15) is 12.9 Å². The summed E-state index contributed by atoms with van der Waals surface area (Å²) in [6.45, 7) is 0.994. The summed E-state index contributed by atoms with van der Waals surface area (Å²) in [4.78, 5) is 23.1. The average molecular weight is 191 g/mol. The van der Waals surface area contributed by atoms with Crippen LogP contribution < -0.4 is 4.90 Å². The molecule has 0 aliphatic carbocycles. The molecular formula is C10H9NO3. The number of cyclic esters (lactones) is 1. The second-order valence-corrected chi connectivity index (χ2v) is 2.98. The Morgan fingerprint density at radius 2 is 2.00 bits per heavy atom. The van der Waals surface area contributed by atoms with E-state index >= 15 is 0 Å². The predicted molar refractivity (Wildman–Crippen MR) is 50.5 cm³/mol. The number of amides is 1. The lowest BCUT2D eigenvalue weighted by molar-refractivity contribution is 0.112. The molecule has 0 unspecified atom stereocenters. The molecule has 1 fully saturated rings. The van der Waals surface area contributed by atoms with Crippen LogP contribution in [-0.4, -0.2) is 25.5 Å². The highest BCUT2D eigenvalue weighted by atomic mass is 16.6. The van der Waals surface area contributed by atoms with E-state index in [1.807, 2.05) is 0 Å². The van der Waals surface area contributed by atoms with Crippen LogP contribution in [0.4, 0.5) is 10.5 Å². The van der Waals surface area contributed by atoms with Crippen molar-refractivity contribution >= 4 is 18.1 Å². The fourth-order valence-electron chi connectivity index (χ4n) is 1.36. The van der Waals surface area contributed by atoms with Crippen molar-refractivity contribution in [2.75, 3.05) is 18.1 Å². The van der Waals surface area contributed by atoms with Gasteiger partial charge in [-0.2, -0.15) is 0 Å². The number of carbonyl (C=O) groups excluding carboxylic acids is 2. The summed E-state index contributed by atoms with van der Waals surface area (Å²) in [5.41, 5.74) is 1.36. The van der Waals surface area contributed by atoms with E-state index in [4.69, 9.17) is 4.74 Å². The number of hydrogen-bond donors (Lipinski definition) is 0. The summed E-state index contributed by atoms with van der Waals surface area (Å²) < 4.78 is 4.79. The molecular weight excluding hydrogens is 182 g/mol. The van der Waals surface area contributed by atoms with Gasteiger partial charge in [-0.1, -0.05) is 0 Å². The molecule has 0 radical (unpaired) electrons. The van der Waals surface area contributed by atoms with Crippen molar-refractivity contribution in [3.8, 4) is 0 Å². The molecule has 0 bridgehead atoms. The molecule has 0 spiro atoms. The summed E-state index contributed by atoms with van der Waals surface area (Å²) in [5, 5.41) is 0. The van der Waals surface area contributed by atoms with Crippen molar-refractivity contribution in [1.29, 1.82) is 0 Å². The van der Waals surface area contributed by atoms with Crippen LogP contribution in [0, 0.1) is 0 Å². The van der Waals surface area contributed by atoms with E-state index in [1.54, 1.807) is 24.3 Å². The van der Waals surface area contributed by atoms with Crippen molar-refractivity contribution in [2.45, 2.75) is 0 Å². The summed E-state index contributed by atoms with van der Waals surface area (Å²) >= 11 is 0. The van der Waals surface area contributed by atoms with E-state index in [1.165, 1.54) is 4.90 Å². The van der Waals surface area contributed by atoms with Crippen LogP contribution in [-0.2, 0) is 4.74 Å². The van der Waals surface area contributed by atoms with Gasteiger partial charge >= 0.3 is 6.09 Å². The molecule has 0 saturated carbocycles. The predicted octanol–water partition coefficient (Wildman–Crippen LogP) is 1.46. The molecule has 14 heavy (non-hydrogen) atoms. The average Bonchev–Trinajstić information content (AvgIpc) is 2.65. The van der Waals surface area contributed by atoms with E-state index in [-0.39, 0.29) is 6.09 Å². The summed E-state index contributed by atoms with van der Waals surface area (Å²) in [7, 11) is 0. The van der Waals surface area contributed by atoms with Gasteiger partial charge in [0.05, 0.1) is 6.54 Å². The van der Waals surface area contributed by atoms with Gasteiger partial charge in [0, 0.05) is 11.3 Å². The van der Waals surface area contributed by atoms with Crippen LogP contribution in [0.1, 0.15) is 10.4 Å². The van der Waals surface area contributed by atoms with Crippen LogP contribution >= 0.6 is 0 Å². The molecule has 2 rings (SSSR count). The van der Waals surface area contributed by atoms with Gasteiger partial charge in [-0.25, -0.2) is 4.79 Å². The lowest BCUT2D eigenvalue weighted by Crippen LogP contribution is -2.23. The molecule has 72 valence electrons. The first-order valence-corrected chi connectivity index (χ1v) is 4.31. The molecule has 1 aromatic carbocycles. The Labute approximate surface area is 81.1 Å². The van der Waals surface area contributed by atoms with E-state index < -0.39 is 0 Å². The number of nitrogens with zero attached hydrogens (tertiary/aromatic N) is 1.